The normalized spacial score (nSPS) is 17.7. The minimum absolute atomic E-state index is 0.204. The van der Waals surface area contributed by atoms with Crippen molar-refractivity contribution >= 4 is 16.9 Å². The second kappa shape index (κ2) is 5.90. The number of hydrogen-bond acceptors (Lipinski definition) is 3. The zero-order valence-electron chi connectivity index (χ0n) is 12.6. The number of fused-ring (bicyclic) bond motifs is 3. The Labute approximate surface area is 124 Å². The van der Waals surface area contributed by atoms with E-state index < -0.39 is 0 Å². The van der Waals surface area contributed by atoms with Gasteiger partial charge in [0.05, 0.1) is 19.6 Å². The molecule has 21 heavy (non-hydrogen) atoms. The van der Waals surface area contributed by atoms with Crippen LogP contribution in [-0.2, 0) is 27.1 Å². The number of ether oxygens (including phenoxy) is 2. The van der Waals surface area contributed by atoms with E-state index in [2.05, 4.69) is 30.1 Å². The fourth-order valence-electron chi connectivity index (χ4n) is 3.11. The highest BCUT2D eigenvalue weighted by atomic mass is 16.5. The Balaban J connectivity index is 1.99. The van der Waals surface area contributed by atoms with Crippen molar-refractivity contribution in [2.24, 2.45) is 0 Å². The number of aromatic amines is 1. The fourth-order valence-corrected chi connectivity index (χ4v) is 3.11. The first-order valence-corrected chi connectivity index (χ1v) is 7.64. The molecule has 0 saturated heterocycles. The van der Waals surface area contributed by atoms with Crippen molar-refractivity contribution in [1.29, 1.82) is 0 Å². The summed E-state index contributed by atoms with van der Waals surface area (Å²) in [5, 5.41) is 1.27. The molecule has 1 aliphatic heterocycles. The predicted molar refractivity (Wildman–Crippen MR) is 81.3 cm³/mol. The highest BCUT2D eigenvalue weighted by molar-refractivity contribution is 5.88. The number of para-hydroxylation sites is 1. The van der Waals surface area contributed by atoms with E-state index in [1.807, 2.05) is 6.92 Å². The number of nitrogens with one attached hydrogen (secondary N) is 1. The van der Waals surface area contributed by atoms with Gasteiger partial charge in [-0.25, -0.2) is 0 Å². The topological polar surface area (TPSA) is 51.3 Å². The molecule has 1 N–H and O–H groups in total. The van der Waals surface area contributed by atoms with E-state index in [1.54, 1.807) is 0 Å². The summed E-state index contributed by atoms with van der Waals surface area (Å²) in [6, 6.07) is 6.40. The molecule has 2 aromatic rings. The van der Waals surface area contributed by atoms with Crippen LogP contribution in [0.15, 0.2) is 18.2 Å². The van der Waals surface area contributed by atoms with E-state index in [9.17, 15) is 4.79 Å². The lowest BCUT2D eigenvalue weighted by Gasteiger charge is -2.22. The molecule has 1 aromatic heterocycles. The third-order valence-corrected chi connectivity index (χ3v) is 4.09. The first-order chi connectivity index (χ1) is 10.2. The summed E-state index contributed by atoms with van der Waals surface area (Å²) in [7, 11) is 0. The van der Waals surface area contributed by atoms with Crippen LogP contribution >= 0.6 is 0 Å². The Kier molecular flexibility index (Phi) is 3.97. The van der Waals surface area contributed by atoms with E-state index in [0.717, 1.165) is 18.5 Å². The molecule has 4 nitrogen and oxygen atoms in total. The van der Waals surface area contributed by atoms with Gasteiger partial charge in [0.25, 0.3) is 0 Å². The molecule has 0 radical (unpaired) electrons. The van der Waals surface area contributed by atoms with Gasteiger partial charge in [0.2, 0.25) is 0 Å². The summed E-state index contributed by atoms with van der Waals surface area (Å²) in [6.07, 6.45) is 1.93. The summed E-state index contributed by atoms with van der Waals surface area (Å²) in [5.41, 5.74) is 4.83. The highest BCUT2D eigenvalue weighted by Gasteiger charge is 2.27. The van der Waals surface area contributed by atoms with E-state index in [4.69, 9.17) is 9.47 Å². The van der Waals surface area contributed by atoms with Gasteiger partial charge in [-0.1, -0.05) is 25.1 Å². The lowest BCUT2D eigenvalue weighted by Crippen LogP contribution is -2.19. The number of H-pyrrole nitrogens is 1. The summed E-state index contributed by atoms with van der Waals surface area (Å²) in [6.45, 7) is 5.04. The molecule has 0 aliphatic carbocycles. The summed E-state index contributed by atoms with van der Waals surface area (Å²) in [4.78, 5) is 15.2. The molecule has 112 valence electrons. The van der Waals surface area contributed by atoms with Gasteiger partial charge in [0.1, 0.15) is 6.10 Å². The molecule has 3 rings (SSSR count). The van der Waals surface area contributed by atoms with Crippen LogP contribution in [0.1, 0.15) is 43.2 Å². The SMILES string of the molecule is CCOC(=O)C[C@@H]1OCCc2c1[nH]c1c(CC)cccc21. The monoisotopic (exact) mass is 287 g/mol. The van der Waals surface area contributed by atoms with E-state index in [-0.39, 0.29) is 18.5 Å². The Hall–Kier alpha value is -1.81. The maximum Gasteiger partial charge on any atom is 0.308 e. The molecule has 1 aromatic carbocycles. The molecule has 0 amide bonds. The molecule has 0 unspecified atom stereocenters. The Morgan fingerprint density at radius 2 is 2.29 bits per heavy atom. The van der Waals surface area contributed by atoms with Gasteiger partial charge in [0, 0.05) is 16.6 Å². The third kappa shape index (κ3) is 2.56. The van der Waals surface area contributed by atoms with Gasteiger partial charge in [-0.2, -0.15) is 0 Å². The number of aryl methyl sites for hydroxylation is 1. The number of carbonyl (C=O) groups is 1. The molecule has 1 atom stereocenters. The lowest BCUT2D eigenvalue weighted by molar-refractivity contribution is -0.146. The van der Waals surface area contributed by atoms with Gasteiger partial charge in [-0.3, -0.25) is 4.79 Å². The van der Waals surface area contributed by atoms with Crippen molar-refractivity contribution in [1.82, 2.24) is 4.98 Å². The van der Waals surface area contributed by atoms with Crippen molar-refractivity contribution in [2.45, 2.75) is 39.2 Å². The minimum Gasteiger partial charge on any atom is -0.466 e. The number of aromatic nitrogens is 1. The molecular weight excluding hydrogens is 266 g/mol. The molecule has 0 bridgehead atoms. The number of esters is 1. The van der Waals surface area contributed by atoms with Gasteiger partial charge in [-0.15, -0.1) is 0 Å². The molecular formula is C17H21NO3. The van der Waals surface area contributed by atoms with Crippen molar-refractivity contribution in [3.8, 4) is 0 Å². The molecule has 2 heterocycles. The van der Waals surface area contributed by atoms with Crippen LogP contribution < -0.4 is 0 Å². The maximum atomic E-state index is 11.7. The largest absolute Gasteiger partial charge is 0.466 e. The number of benzene rings is 1. The quantitative estimate of drug-likeness (QED) is 0.878. The van der Waals surface area contributed by atoms with E-state index in [1.165, 1.54) is 22.0 Å². The van der Waals surface area contributed by atoms with Crippen molar-refractivity contribution in [3.05, 3.63) is 35.0 Å². The van der Waals surface area contributed by atoms with Crippen LogP contribution in [0, 0.1) is 0 Å². The average Bonchev–Trinajstić information content (AvgIpc) is 2.87. The number of hydrogen-bond donors (Lipinski definition) is 1. The molecule has 0 fully saturated rings. The van der Waals surface area contributed by atoms with Crippen LogP contribution in [0.4, 0.5) is 0 Å². The Morgan fingerprint density at radius 1 is 1.43 bits per heavy atom. The Morgan fingerprint density at radius 3 is 3.05 bits per heavy atom. The van der Waals surface area contributed by atoms with E-state index >= 15 is 0 Å². The van der Waals surface area contributed by atoms with Gasteiger partial charge < -0.3 is 14.5 Å². The zero-order valence-corrected chi connectivity index (χ0v) is 12.6. The van der Waals surface area contributed by atoms with Crippen molar-refractivity contribution < 1.29 is 14.3 Å². The molecule has 0 saturated carbocycles. The second-order valence-corrected chi connectivity index (χ2v) is 5.33. The van der Waals surface area contributed by atoms with Crippen LogP contribution in [0.3, 0.4) is 0 Å². The third-order valence-electron chi connectivity index (χ3n) is 4.09. The first-order valence-electron chi connectivity index (χ1n) is 7.64. The smallest absolute Gasteiger partial charge is 0.308 e. The van der Waals surface area contributed by atoms with E-state index in [0.29, 0.717) is 13.2 Å². The molecule has 4 heteroatoms. The van der Waals surface area contributed by atoms with Crippen LogP contribution in [0.5, 0.6) is 0 Å². The van der Waals surface area contributed by atoms with Crippen LogP contribution in [0.25, 0.3) is 10.9 Å². The summed E-state index contributed by atoms with van der Waals surface area (Å²) < 4.78 is 10.8. The minimum atomic E-state index is -0.218. The fraction of sp³-hybridized carbons (Fsp3) is 0.471. The van der Waals surface area contributed by atoms with Gasteiger partial charge in [-0.05, 0) is 30.9 Å². The van der Waals surface area contributed by atoms with Crippen molar-refractivity contribution in [3.63, 3.8) is 0 Å². The summed E-state index contributed by atoms with van der Waals surface area (Å²) >= 11 is 0. The Bertz CT molecular complexity index is 659. The number of carbonyl (C=O) groups excluding carboxylic acids is 1. The summed E-state index contributed by atoms with van der Waals surface area (Å²) in [5.74, 6) is -0.204. The predicted octanol–water partition coefficient (Wildman–Crippen LogP) is 3.30. The first kappa shape index (κ1) is 14.1. The van der Waals surface area contributed by atoms with Gasteiger partial charge in [0.15, 0.2) is 0 Å². The van der Waals surface area contributed by atoms with Crippen LogP contribution in [-0.4, -0.2) is 24.2 Å². The molecule has 1 aliphatic rings. The lowest BCUT2D eigenvalue weighted by atomic mass is 9.99. The standard InChI is InChI=1S/C17H21NO3/c1-3-11-6-5-7-12-13-8-9-21-14(10-15(19)20-4-2)17(13)18-16(11)12/h5-7,14,18H,3-4,8-10H2,1-2H3/t14-/m0/s1. The second-order valence-electron chi connectivity index (χ2n) is 5.33. The van der Waals surface area contributed by atoms with Crippen molar-refractivity contribution in [2.75, 3.05) is 13.2 Å². The highest BCUT2D eigenvalue weighted by Crippen LogP contribution is 2.35. The van der Waals surface area contributed by atoms with Crippen LogP contribution in [0.2, 0.25) is 0 Å². The van der Waals surface area contributed by atoms with Gasteiger partial charge >= 0.3 is 5.97 Å². The molecule has 0 spiro atoms. The maximum absolute atomic E-state index is 11.7. The zero-order chi connectivity index (χ0) is 14.8. The average molecular weight is 287 g/mol. The number of rotatable bonds is 4.